The first-order valence-electron chi connectivity index (χ1n) is 7.33. The second kappa shape index (κ2) is 5.59. The number of benzene rings is 2. The Morgan fingerprint density at radius 3 is 2.71 bits per heavy atom. The highest BCUT2D eigenvalue weighted by atomic mass is 35.5. The van der Waals surface area contributed by atoms with Crippen molar-refractivity contribution in [3.05, 3.63) is 72.0 Å². The van der Waals surface area contributed by atoms with E-state index in [0.29, 0.717) is 19.5 Å². The first-order valence-corrected chi connectivity index (χ1v) is 8.91. The van der Waals surface area contributed by atoms with Gasteiger partial charge in [0, 0.05) is 10.0 Å². The summed E-state index contributed by atoms with van der Waals surface area (Å²) in [6.07, 6.45) is 1.78. The molecule has 0 bridgehead atoms. The normalized spacial score (nSPS) is 12.6. The van der Waals surface area contributed by atoms with E-state index in [4.69, 9.17) is 23.2 Å². The van der Waals surface area contributed by atoms with Crippen molar-refractivity contribution in [3.63, 3.8) is 0 Å². The van der Waals surface area contributed by atoms with Crippen LogP contribution in [0.15, 0.2) is 35.1 Å². The molecule has 0 spiro atoms. The maximum absolute atomic E-state index is 12.8. The van der Waals surface area contributed by atoms with Gasteiger partial charge in [0.25, 0.3) is 5.56 Å². The summed E-state index contributed by atoms with van der Waals surface area (Å²) in [5, 5.41) is 1.08. The van der Waals surface area contributed by atoms with E-state index in [9.17, 15) is 4.79 Å². The van der Waals surface area contributed by atoms with Crippen molar-refractivity contribution in [1.29, 1.82) is 0 Å². The van der Waals surface area contributed by atoms with E-state index in [2.05, 4.69) is 4.98 Å². The average Bonchev–Trinajstić information content (AvgIpc) is 3.04. The van der Waals surface area contributed by atoms with Crippen LogP contribution in [0.3, 0.4) is 0 Å². The quantitative estimate of drug-likeness (QED) is 0.495. The molecule has 4 rings (SSSR count). The number of halogens is 2. The molecule has 0 unspecified atom stereocenters. The third-order valence-corrected chi connectivity index (χ3v) is 5.72. The van der Waals surface area contributed by atoms with Gasteiger partial charge >= 0.3 is 0 Å². The lowest BCUT2D eigenvalue weighted by molar-refractivity contribution is 1.19. The molecule has 2 aromatic heterocycles. The summed E-state index contributed by atoms with van der Waals surface area (Å²) in [7, 11) is 0. The molecule has 0 saturated heterocycles. The van der Waals surface area contributed by atoms with Gasteiger partial charge < -0.3 is 0 Å². The number of aromatic nitrogens is 2. The van der Waals surface area contributed by atoms with Crippen LogP contribution in [0.5, 0.6) is 0 Å². The van der Waals surface area contributed by atoms with Gasteiger partial charge in [-0.1, -0.05) is 46.7 Å². The van der Waals surface area contributed by atoms with Gasteiger partial charge in [0.1, 0.15) is 0 Å². The zero-order valence-electron chi connectivity index (χ0n) is 12.9. The molecule has 0 saturated carbocycles. The lowest BCUT2D eigenvalue weighted by atomic mass is 10.1. The van der Waals surface area contributed by atoms with Crippen molar-refractivity contribution in [3.8, 4) is 0 Å². The Kier molecular flexibility index (Phi) is 3.64. The molecule has 0 N–H and O–H groups in total. The van der Waals surface area contributed by atoms with E-state index < -0.39 is 0 Å². The molecule has 0 fully saturated rings. The summed E-state index contributed by atoms with van der Waals surface area (Å²) in [5.41, 5.74) is 4.69. The lowest BCUT2D eigenvalue weighted by Crippen LogP contribution is -2.22. The van der Waals surface area contributed by atoms with Gasteiger partial charge in [-0.2, -0.15) is 0 Å². The number of imidazole rings is 1. The fraction of sp³-hybridized carbons (Fsp3) is 0.111. The molecular weight excluding hydrogens is 363 g/mol. The van der Waals surface area contributed by atoms with E-state index in [-0.39, 0.29) is 5.56 Å². The van der Waals surface area contributed by atoms with Crippen LogP contribution in [0.4, 0.5) is 0 Å². The van der Waals surface area contributed by atoms with Crippen molar-refractivity contribution in [2.75, 3.05) is 0 Å². The van der Waals surface area contributed by atoms with Gasteiger partial charge in [-0.15, -0.1) is 0 Å². The summed E-state index contributed by atoms with van der Waals surface area (Å²) < 4.78 is 2.27. The van der Waals surface area contributed by atoms with E-state index in [1.54, 1.807) is 28.7 Å². The number of nitrogens with zero attached hydrogens (tertiary/aromatic N) is 2. The molecule has 4 aromatic rings. The first-order chi connectivity index (χ1) is 11.5. The molecule has 120 valence electrons. The van der Waals surface area contributed by atoms with Gasteiger partial charge in [-0.3, -0.25) is 4.79 Å². The summed E-state index contributed by atoms with van der Waals surface area (Å²) in [6, 6.07) is 9.19. The molecule has 0 aliphatic carbocycles. The molecule has 0 aliphatic rings. The molecule has 2 aromatic carbocycles. The van der Waals surface area contributed by atoms with Crippen LogP contribution in [0, 0.1) is 13.8 Å². The molecule has 0 atom stereocenters. The maximum atomic E-state index is 12.8. The van der Waals surface area contributed by atoms with E-state index in [1.165, 1.54) is 16.9 Å². The minimum Gasteiger partial charge on any atom is -0.267 e. The molecule has 24 heavy (non-hydrogen) atoms. The van der Waals surface area contributed by atoms with Gasteiger partial charge in [0.2, 0.25) is 0 Å². The fourth-order valence-corrected chi connectivity index (χ4v) is 4.16. The largest absolute Gasteiger partial charge is 0.274 e. The molecule has 2 heterocycles. The van der Waals surface area contributed by atoms with Crippen LogP contribution in [-0.4, -0.2) is 9.38 Å². The molecule has 0 amide bonds. The van der Waals surface area contributed by atoms with Crippen molar-refractivity contribution in [2.24, 2.45) is 0 Å². The molecular formula is C18H12Cl2N2OS. The van der Waals surface area contributed by atoms with Gasteiger partial charge in [-0.05, 0) is 54.8 Å². The Hall–Kier alpha value is -1.88. The summed E-state index contributed by atoms with van der Waals surface area (Å²) in [5.74, 6) is 0. The Balaban J connectivity index is 2.02. The summed E-state index contributed by atoms with van der Waals surface area (Å²) in [6.45, 7) is 4.07. The number of thiazole rings is 1. The van der Waals surface area contributed by atoms with Crippen LogP contribution in [0.2, 0.25) is 10.0 Å². The standard InChI is InChI=1S/C18H12Cl2N2OS/c1-9-3-6-14-16(10(9)2)21-18-22(14)17(23)15(24-18)7-11-4-5-12(19)8-13(11)20/h3-8H,1-2H3/b15-7+. The minimum absolute atomic E-state index is 0.0771. The monoisotopic (exact) mass is 374 g/mol. The number of rotatable bonds is 1. The second-order valence-corrected chi connectivity index (χ2v) is 7.54. The van der Waals surface area contributed by atoms with Crippen molar-refractivity contribution >= 4 is 56.6 Å². The smallest absolute Gasteiger partial charge is 0.267 e. The Morgan fingerprint density at radius 1 is 1.17 bits per heavy atom. The molecule has 0 aliphatic heterocycles. The SMILES string of the molecule is Cc1ccc2c(nc3s/c(=C/c4ccc(Cl)cc4Cl)c(=O)n32)c1C. The predicted octanol–water partition coefficient (Wildman–Crippen LogP) is 4.38. The topological polar surface area (TPSA) is 34.4 Å². The highest BCUT2D eigenvalue weighted by Gasteiger charge is 2.13. The lowest BCUT2D eigenvalue weighted by Gasteiger charge is -1.99. The van der Waals surface area contributed by atoms with E-state index >= 15 is 0 Å². The number of hydrogen-bond acceptors (Lipinski definition) is 3. The van der Waals surface area contributed by atoms with Crippen LogP contribution < -0.4 is 10.1 Å². The molecule has 6 heteroatoms. The van der Waals surface area contributed by atoms with Crippen LogP contribution >= 0.6 is 34.5 Å². The Morgan fingerprint density at radius 2 is 1.96 bits per heavy atom. The van der Waals surface area contributed by atoms with Gasteiger partial charge in [-0.25, -0.2) is 9.38 Å². The zero-order chi connectivity index (χ0) is 17.0. The number of aryl methyl sites for hydroxylation is 2. The third-order valence-electron chi connectivity index (χ3n) is 4.18. The highest BCUT2D eigenvalue weighted by molar-refractivity contribution is 7.15. The van der Waals surface area contributed by atoms with Crippen LogP contribution in [0.25, 0.3) is 22.1 Å². The van der Waals surface area contributed by atoms with Crippen molar-refractivity contribution in [2.45, 2.75) is 13.8 Å². The zero-order valence-corrected chi connectivity index (χ0v) is 15.3. The average molecular weight is 375 g/mol. The summed E-state index contributed by atoms with van der Waals surface area (Å²) >= 11 is 13.5. The van der Waals surface area contributed by atoms with Gasteiger partial charge in [0.15, 0.2) is 4.96 Å². The second-order valence-electron chi connectivity index (χ2n) is 5.69. The maximum Gasteiger partial charge on any atom is 0.274 e. The molecule has 0 radical (unpaired) electrons. The first kappa shape index (κ1) is 15.6. The van der Waals surface area contributed by atoms with E-state index in [0.717, 1.165) is 22.2 Å². The highest BCUT2D eigenvalue weighted by Crippen LogP contribution is 2.23. The summed E-state index contributed by atoms with van der Waals surface area (Å²) in [4.78, 5) is 18.2. The molecule has 3 nitrogen and oxygen atoms in total. The Labute approximate surface area is 151 Å². The minimum atomic E-state index is -0.0771. The predicted molar refractivity (Wildman–Crippen MR) is 102 cm³/mol. The fourth-order valence-electron chi connectivity index (χ4n) is 2.72. The van der Waals surface area contributed by atoms with Crippen molar-refractivity contribution in [1.82, 2.24) is 9.38 Å². The third kappa shape index (κ3) is 2.34. The number of hydrogen-bond donors (Lipinski definition) is 0. The Bertz CT molecular complexity index is 1220. The van der Waals surface area contributed by atoms with Crippen LogP contribution in [-0.2, 0) is 0 Å². The van der Waals surface area contributed by atoms with E-state index in [1.807, 2.05) is 26.0 Å². The number of fused-ring (bicyclic) bond motifs is 3. The van der Waals surface area contributed by atoms with Crippen molar-refractivity contribution < 1.29 is 0 Å². The van der Waals surface area contributed by atoms with Crippen LogP contribution in [0.1, 0.15) is 16.7 Å². The van der Waals surface area contributed by atoms with Gasteiger partial charge in [0.05, 0.1) is 15.6 Å².